The molecule has 2 nitrogen and oxygen atoms in total. The van der Waals surface area contributed by atoms with E-state index in [0.717, 1.165) is 36.0 Å². The predicted octanol–water partition coefficient (Wildman–Crippen LogP) is 7.81. The van der Waals surface area contributed by atoms with Crippen LogP contribution in [0.25, 0.3) is 0 Å². The maximum atomic E-state index is 6.87. The lowest BCUT2D eigenvalue weighted by molar-refractivity contribution is 0.162. The van der Waals surface area contributed by atoms with Gasteiger partial charge in [-0.2, -0.15) is 0 Å². The quantitative estimate of drug-likeness (QED) is 0.393. The number of pyridine rings is 1. The minimum absolute atomic E-state index is 0.0106. The van der Waals surface area contributed by atoms with E-state index < -0.39 is 8.32 Å². The summed E-state index contributed by atoms with van der Waals surface area (Å²) >= 11 is 13.0. The minimum atomic E-state index is -1.73. The molecule has 1 aromatic heterocycles. The van der Waals surface area contributed by atoms with E-state index in [0.29, 0.717) is 10.0 Å². The Morgan fingerprint density at radius 1 is 1.04 bits per heavy atom. The van der Waals surface area contributed by atoms with Crippen LogP contribution in [0.5, 0.6) is 0 Å². The van der Waals surface area contributed by atoms with Gasteiger partial charge in [0, 0.05) is 18.0 Å². The van der Waals surface area contributed by atoms with Gasteiger partial charge < -0.3 is 4.43 Å². The van der Waals surface area contributed by atoms with Gasteiger partial charge >= 0.3 is 0 Å². The first-order chi connectivity index (χ1) is 12.0. The average molecular weight is 402 g/mol. The van der Waals surface area contributed by atoms with Crippen molar-refractivity contribution in [1.82, 2.24) is 4.98 Å². The molecule has 0 saturated heterocycles. The normalized spacial score (nSPS) is 17.6. The molecule has 0 aliphatic heterocycles. The third kappa shape index (κ3) is 5.69. The molecule has 0 spiro atoms. The molecule has 1 aromatic rings. The van der Waals surface area contributed by atoms with Crippen LogP contribution >= 0.6 is 23.2 Å². The molecule has 1 aliphatic rings. The van der Waals surface area contributed by atoms with E-state index in [1.54, 1.807) is 12.4 Å². The van der Waals surface area contributed by atoms with E-state index in [4.69, 9.17) is 27.6 Å². The van der Waals surface area contributed by atoms with Crippen LogP contribution in [0.2, 0.25) is 28.2 Å². The zero-order chi connectivity index (χ0) is 18.3. The van der Waals surface area contributed by atoms with Gasteiger partial charge in [0.15, 0.2) is 8.32 Å². The highest BCUT2D eigenvalue weighted by atomic mass is 35.5. The standard InChI is InChI=1S/C20H33Cl2NOSi/c1-4-25(5-2,6-3)24-19(13-12-16-10-8-7-9-11-16)20-17(21)14-23-15-18(20)22/h14-16,19H,4-13H2,1-3H3. The zero-order valence-corrected chi connectivity index (χ0v) is 18.5. The summed E-state index contributed by atoms with van der Waals surface area (Å²) in [6.45, 7) is 6.81. The maximum absolute atomic E-state index is 6.87. The molecule has 0 amide bonds. The Labute approximate surface area is 164 Å². The van der Waals surface area contributed by atoms with E-state index in [-0.39, 0.29) is 6.10 Å². The Morgan fingerprint density at radius 3 is 2.12 bits per heavy atom. The number of rotatable bonds is 9. The van der Waals surface area contributed by atoms with Crippen molar-refractivity contribution in [1.29, 1.82) is 0 Å². The van der Waals surface area contributed by atoms with Gasteiger partial charge in [-0.15, -0.1) is 0 Å². The highest BCUT2D eigenvalue weighted by Gasteiger charge is 2.34. The van der Waals surface area contributed by atoms with Gasteiger partial charge in [0.2, 0.25) is 0 Å². The lowest BCUT2D eigenvalue weighted by atomic mass is 9.85. The number of hydrogen-bond acceptors (Lipinski definition) is 2. The second kappa shape index (κ2) is 10.3. The summed E-state index contributed by atoms with van der Waals surface area (Å²) < 4.78 is 6.87. The Hall–Kier alpha value is -0.0931. The molecule has 2 rings (SSSR count). The average Bonchev–Trinajstić information content (AvgIpc) is 2.64. The summed E-state index contributed by atoms with van der Waals surface area (Å²) in [5.41, 5.74) is 0.960. The summed E-state index contributed by atoms with van der Waals surface area (Å²) in [4.78, 5) is 4.13. The van der Waals surface area contributed by atoms with E-state index in [9.17, 15) is 0 Å². The first-order valence-electron chi connectivity index (χ1n) is 10.0. The molecule has 1 atom stereocenters. The number of halogens is 2. The third-order valence-corrected chi connectivity index (χ3v) is 11.4. The Morgan fingerprint density at radius 2 is 1.60 bits per heavy atom. The van der Waals surface area contributed by atoms with Gasteiger partial charge in [-0.1, -0.05) is 76.1 Å². The molecular weight excluding hydrogens is 369 g/mol. The fourth-order valence-electron chi connectivity index (χ4n) is 4.16. The lowest BCUT2D eigenvalue weighted by Gasteiger charge is -2.35. The van der Waals surface area contributed by atoms with Crippen LogP contribution in [-0.4, -0.2) is 13.3 Å². The van der Waals surface area contributed by atoms with E-state index in [1.807, 2.05) is 0 Å². The topological polar surface area (TPSA) is 22.1 Å². The molecule has 1 heterocycles. The van der Waals surface area contributed by atoms with Crippen molar-refractivity contribution < 1.29 is 4.43 Å². The summed E-state index contributed by atoms with van der Waals surface area (Å²) in [6.07, 6.45) is 12.5. The fraction of sp³-hybridized carbons (Fsp3) is 0.750. The molecule has 0 bridgehead atoms. The van der Waals surface area contributed by atoms with Crippen molar-refractivity contribution >= 4 is 31.5 Å². The van der Waals surface area contributed by atoms with Crippen LogP contribution in [0.3, 0.4) is 0 Å². The van der Waals surface area contributed by atoms with Gasteiger partial charge in [0.1, 0.15) is 0 Å². The number of hydrogen-bond donors (Lipinski definition) is 0. The highest BCUT2D eigenvalue weighted by molar-refractivity contribution is 6.73. The Bertz CT molecular complexity index is 502. The summed E-state index contributed by atoms with van der Waals surface area (Å²) in [6, 6.07) is 3.42. The zero-order valence-electron chi connectivity index (χ0n) is 16.0. The predicted molar refractivity (Wildman–Crippen MR) is 111 cm³/mol. The first-order valence-corrected chi connectivity index (χ1v) is 13.3. The molecule has 0 N–H and O–H groups in total. The van der Waals surface area contributed by atoms with Crippen LogP contribution in [0.15, 0.2) is 12.4 Å². The van der Waals surface area contributed by atoms with Crippen molar-refractivity contribution in [3.8, 4) is 0 Å². The largest absolute Gasteiger partial charge is 0.410 e. The molecule has 1 unspecified atom stereocenters. The molecular formula is C20H33Cl2NOSi. The van der Waals surface area contributed by atoms with Crippen LogP contribution in [0.1, 0.15) is 77.4 Å². The second-order valence-electron chi connectivity index (χ2n) is 7.45. The van der Waals surface area contributed by atoms with Crippen LogP contribution in [-0.2, 0) is 4.43 Å². The molecule has 0 aromatic carbocycles. The Kier molecular flexibility index (Phi) is 8.73. The van der Waals surface area contributed by atoms with Gasteiger partial charge in [-0.05, 0) is 36.9 Å². The van der Waals surface area contributed by atoms with Crippen molar-refractivity contribution in [2.24, 2.45) is 5.92 Å². The summed E-state index contributed by atoms with van der Waals surface area (Å²) in [5, 5.41) is 1.29. The smallest absolute Gasteiger partial charge is 0.192 e. The monoisotopic (exact) mass is 401 g/mol. The lowest BCUT2D eigenvalue weighted by Crippen LogP contribution is -2.37. The van der Waals surface area contributed by atoms with Crippen molar-refractivity contribution in [2.45, 2.75) is 90.0 Å². The fourth-order valence-corrected chi connectivity index (χ4v) is 7.60. The van der Waals surface area contributed by atoms with Crippen molar-refractivity contribution in [2.75, 3.05) is 0 Å². The summed E-state index contributed by atoms with van der Waals surface area (Å²) in [7, 11) is -1.73. The van der Waals surface area contributed by atoms with Gasteiger partial charge in [-0.25, -0.2) is 0 Å². The molecule has 1 fully saturated rings. The first kappa shape index (κ1) is 21.2. The molecule has 1 saturated carbocycles. The van der Waals surface area contributed by atoms with E-state index in [2.05, 4.69) is 25.8 Å². The summed E-state index contributed by atoms with van der Waals surface area (Å²) in [5.74, 6) is 0.834. The SMILES string of the molecule is CC[Si](CC)(CC)OC(CCC1CCCCC1)c1c(Cl)cncc1Cl. The molecule has 1 aliphatic carbocycles. The van der Waals surface area contributed by atoms with Gasteiger partial charge in [-0.3, -0.25) is 4.98 Å². The maximum Gasteiger partial charge on any atom is 0.192 e. The Balaban J connectivity index is 2.21. The minimum Gasteiger partial charge on any atom is -0.410 e. The molecule has 25 heavy (non-hydrogen) atoms. The third-order valence-electron chi connectivity index (χ3n) is 6.10. The van der Waals surface area contributed by atoms with Crippen LogP contribution < -0.4 is 0 Å². The molecule has 5 heteroatoms. The van der Waals surface area contributed by atoms with Crippen LogP contribution in [0, 0.1) is 5.92 Å². The highest BCUT2D eigenvalue weighted by Crippen LogP contribution is 2.40. The van der Waals surface area contributed by atoms with E-state index in [1.165, 1.54) is 38.5 Å². The molecule has 142 valence electrons. The van der Waals surface area contributed by atoms with Crippen molar-refractivity contribution in [3.05, 3.63) is 28.0 Å². The van der Waals surface area contributed by atoms with Gasteiger partial charge in [0.25, 0.3) is 0 Å². The van der Waals surface area contributed by atoms with Crippen LogP contribution in [0.4, 0.5) is 0 Å². The number of nitrogens with zero attached hydrogens (tertiary/aromatic N) is 1. The number of aromatic nitrogens is 1. The second-order valence-corrected chi connectivity index (χ2v) is 13.0. The van der Waals surface area contributed by atoms with Crippen molar-refractivity contribution in [3.63, 3.8) is 0 Å². The van der Waals surface area contributed by atoms with E-state index >= 15 is 0 Å². The molecule has 0 radical (unpaired) electrons. The van der Waals surface area contributed by atoms with Gasteiger partial charge in [0.05, 0.1) is 16.1 Å².